The highest BCUT2D eigenvalue weighted by Crippen LogP contribution is 2.29. The molecule has 0 aliphatic rings. The number of aromatic nitrogens is 3. The number of pyridine rings is 1. The average Bonchev–Trinajstić information content (AvgIpc) is 2.91. The van der Waals surface area contributed by atoms with Gasteiger partial charge in [-0.1, -0.05) is 30.3 Å². The quantitative estimate of drug-likeness (QED) is 0.767. The zero-order valence-electron chi connectivity index (χ0n) is 12.6. The summed E-state index contributed by atoms with van der Waals surface area (Å²) >= 11 is 7.47. The summed E-state index contributed by atoms with van der Waals surface area (Å²) in [6.07, 6.45) is 5.81. The van der Waals surface area contributed by atoms with E-state index in [1.807, 2.05) is 26.0 Å². The Morgan fingerprint density at radius 1 is 1.59 bits per heavy atom. The van der Waals surface area contributed by atoms with Gasteiger partial charge in [0.15, 0.2) is 5.15 Å². The summed E-state index contributed by atoms with van der Waals surface area (Å²) < 4.78 is 1.62. The smallest absolute Gasteiger partial charge is 0.286 e. The molecule has 0 radical (unpaired) electrons. The van der Waals surface area contributed by atoms with Crippen LogP contribution in [0.25, 0.3) is 5.69 Å². The molecule has 2 aromatic rings. The van der Waals surface area contributed by atoms with Crippen molar-refractivity contribution in [3.8, 4) is 5.69 Å². The normalized spacial score (nSPS) is 12.2. The van der Waals surface area contributed by atoms with Gasteiger partial charge < -0.3 is 6.92 Å². The second kappa shape index (κ2) is 7.65. The van der Waals surface area contributed by atoms with Crippen LogP contribution < -0.4 is 4.90 Å². The van der Waals surface area contributed by atoms with Crippen LogP contribution in [0.1, 0.15) is 20.3 Å². The van der Waals surface area contributed by atoms with Crippen LogP contribution in [0.4, 0.5) is 10.5 Å². The van der Waals surface area contributed by atoms with E-state index in [4.69, 9.17) is 11.6 Å². The van der Waals surface area contributed by atoms with Gasteiger partial charge in [-0.05, 0) is 24.3 Å². The number of carbonyl (C=O) groups excluding carboxylic acids is 1. The first-order chi connectivity index (χ1) is 10.6. The number of rotatable bonds is 5. The van der Waals surface area contributed by atoms with E-state index < -0.39 is 0 Å². The molecule has 0 N–H and O–H groups in total. The fourth-order valence-corrected chi connectivity index (χ4v) is 2.89. The molecule has 7 heteroatoms. The van der Waals surface area contributed by atoms with E-state index in [1.165, 1.54) is 11.8 Å². The Morgan fingerprint density at radius 2 is 2.36 bits per heavy atom. The van der Waals surface area contributed by atoms with Crippen molar-refractivity contribution in [1.82, 2.24) is 14.8 Å². The van der Waals surface area contributed by atoms with Crippen molar-refractivity contribution in [3.05, 3.63) is 42.8 Å². The molecule has 0 saturated heterocycles. The third-order valence-electron chi connectivity index (χ3n) is 3.10. The lowest BCUT2D eigenvalue weighted by Crippen LogP contribution is -2.28. The fourth-order valence-electron chi connectivity index (χ4n) is 1.84. The predicted molar refractivity (Wildman–Crippen MR) is 91.8 cm³/mol. The Labute approximate surface area is 139 Å². The number of nitrogens with zero attached hydrogens (tertiary/aromatic N) is 4. The van der Waals surface area contributed by atoms with Gasteiger partial charge in [-0.2, -0.15) is 11.5 Å². The Bertz CT molecular complexity index is 632. The van der Waals surface area contributed by atoms with Crippen molar-refractivity contribution in [2.24, 2.45) is 0 Å². The van der Waals surface area contributed by atoms with Crippen molar-refractivity contribution in [2.45, 2.75) is 25.5 Å². The Hall–Kier alpha value is -1.53. The van der Waals surface area contributed by atoms with Gasteiger partial charge in [0.2, 0.25) is 0 Å². The fraction of sp³-hybridized carbons (Fsp3) is 0.333. The van der Waals surface area contributed by atoms with Gasteiger partial charge in [0.05, 0.1) is 18.1 Å². The Kier molecular flexibility index (Phi) is 5.85. The minimum absolute atomic E-state index is 0.0497. The number of amides is 1. The topological polar surface area (TPSA) is 51.0 Å². The maximum atomic E-state index is 12.4. The van der Waals surface area contributed by atoms with Crippen molar-refractivity contribution >= 4 is 34.3 Å². The Balaban J connectivity index is 2.27. The molecule has 1 atom stereocenters. The molecule has 118 valence electrons. The largest absolute Gasteiger partial charge is 0.342 e. The van der Waals surface area contributed by atoms with Crippen molar-refractivity contribution in [2.75, 3.05) is 11.4 Å². The minimum Gasteiger partial charge on any atom is -0.342 e. The third kappa shape index (κ3) is 3.81. The van der Waals surface area contributed by atoms with Crippen LogP contribution in [-0.4, -0.2) is 31.8 Å². The number of anilines is 1. The molecule has 0 bridgehead atoms. The number of carbonyl (C=O) groups is 1. The highest BCUT2D eigenvalue weighted by molar-refractivity contribution is 8.14. The van der Waals surface area contributed by atoms with E-state index in [2.05, 4.69) is 17.0 Å². The van der Waals surface area contributed by atoms with Gasteiger partial charge >= 0.3 is 0 Å². The molecule has 0 aliphatic carbocycles. The number of hydrogen-bond acceptors (Lipinski definition) is 4. The standard InChI is InChI=1S/C15H18ClN4OS/c1-4-11(3)22-15(21)19(5-2)13-10-20(18-14(13)16)12-7-6-8-17-9-12/h6-11H,1,4-5H2,2-3H3/q-1. The molecule has 1 amide bonds. The van der Waals surface area contributed by atoms with Crippen molar-refractivity contribution < 1.29 is 4.79 Å². The molecule has 0 aliphatic heterocycles. The van der Waals surface area contributed by atoms with Crippen molar-refractivity contribution in [3.63, 3.8) is 0 Å². The monoisotopic (exact) mass is 337 g/mol. The zero-order valence-corrected chi connectivity index (χ0v) is 14.1. The van der Waals surface area contributed by atoms with Crippen LogP contribution in [-0.2, 0) is 0 Å². The second-order valence-electron chi connectivity index (χ2n) is 4.69. The zero-order chi connectivity index (χ0) is 16.1. The molecular weight excluding hydrogens is 320 g/mol. The van der Waals surface area contributed by atoms with Gasteiger partial charge in [0.1, 0.15) is 5.69 Å². The summed E-state index contributed by atoms with van der Waals surface area (Å²) in [6.45, 7) is 8.22. The van der Waals surface area contributed by atoms with Gasteiger partial charge in [-0.25, -0.2) is 4.68 Å². The van der Waals surface area contributed by atoms with Crippen LogP contribution in [0, 0.1) is 6.92 Å². The van der Waals surface area contributed by atoms with Crippen LogP contribution >= 0.6 is 23.4 Å². The number of hydrogen-bond donors (Lipinski definition) is 0. The van der Waals surface area contributed by atoms with E-state index in [1.54, 1.807) is 28.2 Å². The minimum atomic E-state index is -0.0497. The molecule has 2 heterocycles. The maximum Gasteiger partial charge on any atom is 0.286 e. The highest BCUT2D eigenvalue weighted by Gasteiger charge is 2.21. The summed E-state index contributed by atoms with van der Waals surface area (Å²) in [7, 11) is 0. The number of thioether (sulfide) groups is 1. The van der Waals surface area contributed by atoms with E-state index in [0.717, 1.165) is 5.69 Å². The molecule has 22 heavy (non-hydrogen) atoms. The van der Waals surface area contributed by atoms with Gasteiger partial charge in [-0.3, -0.25) is 14.7 Å². The molecule has 5 nitrogen and oxygen atoms in total. The van der Waals surface area contributed by atoms with Crippen LogP contribution in [0.15, 0.2) is 30.7 Å². The second-order valence-corrected chi connectivity index (χ2v) is 6.44. The first-order valence-corrected chi connectivity index (χ1v) is 8.25. The Morgan fingerprint density at radius 3 is 2.95 bits per heavy atom. The van der Waals surface area contributed by atoms with E-state index in [9.17, 15) is 4.79 Å². The van der Waals surface area contributed by atoms with Crippen LogP contribution in [0.5, 0.6) is 0 Å². The SMILES string of the molecule is [CH2-]CC(C)SC(=O)N(CC)c1cn(-c2cccnc2)nc1Cl. The lowest BCUT2D eigenvalue weighted by atomic mass is 10.4. The average molecular weight is 338 g/mol. The molecule has 2 aromatic heterocycles. The lowest BCUT2D eigenvalue weighted by Gasteiger charge is -2.21. The predicted octanol–water partition coefficient (Wildman–Crippen LogP) is 4.21. The van der Waals surface area contributed by atoms with Crippen molar-refractivity contribution in [1.29, 1.82) is 0 Å². The van der Waals surface area contributed by atoms with E-state index in [-0.39, 0.29) is 10.5 Å². The maximum absolute atomic E-state index is 12.4. The molecule has 0 spiro atoms. The molecule has 0 fully saturated rings. The number of halogens is 1. The van der Waals surface area contributed by atoms with Gasteiger partial charge in [0.25, 0.3) is 5.24 Å². The summed E-state index contributed by atoms with van der Waals surface area (Å²) in [4.78, 5) is 18.1. The van der Waals surface area contributed by atoms with Crippen LogP contribution in [0.2, 0.25) is 5.15 Å². The van der Waals surface area contributed by atoms with E-state index >= 15 is 0 Å². The summed E-state index contributed by atoms with van der Waals surface area (Å²) in [5.74, 6) is 0. The molecule has 1 unspecified atom stereocenters. The molecule has 2 rings (SSSR count). The third-order valence-corrected chi connectivity index (χ3v) is 4.43. The van der Waals surface area contributed by atoms with Gasteiger partial charge in [0, 0.05) is 12.7 Å². The molecule has 0 aromatic carbocycles. The van der Waals surface area contributed by atoms with Gasteiger partial charge in [-0.15, -0.1) is 0 Å². The summed E-state index contributed by atoms with van der Waals surface area (Å²) in [6, 6.07) is 3.69. The first-order valence-electron chi connectivity index (χ1n) is 6.99. The molecular formula is C15H18ClN4OS-. The highest BCUT2D eigenvalue weighted by atomic mass is 35.5. The van der Waals surface area contributed by atoms with Crippen LogP contribution in [0.3, 0.4) is 0 Å². The summed E-state index contributed by atoms with van der Waals surface area (Å²) in [5, 5.41) is 4.66. The lowest BCUT2D eigenvalue weighted by molar-refractivity contribution is 0.265. The first kappa shape index (κ1) is 16.8. The van der Waals surface area contributed by atoms with E-state index in [0.29, 0.717) is 23.8 Å². The summed E-state index contributed by atoms with van der Waals surface area (Å²) in [5.41, 5.74) is 1.39. The molecule has 0 saturated carbocycles.